The summed E-state index contributed by atoms with van der Waals surface area (Å²) in [5, 5.41) is 0.614. The molecule has 0 unspecified atom stereocenters. The Bertz CT molecular complexity index is 479. The summed E-state index contributed by atoms with van der Waals surface area (Å²) in [5.41, 5.74) is 1.02. The van der Waals surface area contributed by atoms with Gasteiger partial charge in [0.2, 0.25) is 0 Å². The maximum Gasteiger partial charge on any atom is 0.137 e. The Balaban J connectivity index is 1.75. The first-order valence-corrected chi connectivity index (χ1v) is 8.09. The molecule has 0 radical (unpaired) electrons. The van der Waals surface area contributed by atoms with Gasteiger partial charge in [-0.15, -0.1) is 0 Å². The molecule has 2 aliphatic rings. The lowest BCUT2D eigenvalue weighted by Gasteiger charge is -2.36. The van der Waals surface area contributed by atoms with Crippen molar-refractivity contribution in [1.82, 2.24) is 14.9 Å². The van der Waals surface area contributed by atoms with Gasteiger partial charge in [0.15, 0.2) is 0 Å². The summed E-state index contributed by atoms with van der Waals surface area (Å²) in [6, 6.07) is 0.864. The van der Waals surface area contributed by atoms with Gasteiger partial charge in [0.05, 0.1) is 0 Å². The minimum absolute atomic E-state index is 0.614. The van der Waals surface area contributed by atoms with Crippen molar-refractivity contribution in [2.24, 2.45) is 0 Å². The molecule has 1 aromatic heterocycles. The van der Waals surface area contributed by atoms with E-state index in [9.17, 15) is 0 Å². The lowest BCUT2D eigenvalue weighted by Crippen LogP contribution is -2.47. The lowest BCUT2D eigenvalue weighted by atomic mass is 10.2. The van der Waals surface area contributed by atoms with Gasteiger partial charge in [-0.3, -0.25) is 4.90 Å². The Labute approximate surface area is 126 Å². The molecule has 3 rings (SSSR count). The van der Waals surface area contributed by atoms with Crippen LogP contribution in [0.25, 0.3) is 0 Å². The second kappa shape index (κ2) is 5.86. The Morgan fingerprint density at radius 2 is 1.85 bits per heavy atom. The van der Waals surface area contributed by atoms with Crippen LogP contribution in [0.1, 0.15) is 37.6 Å². The molecule has 0 bridgehead atoms. The quantitative estimate of drug-likeness (QED) is 0.799. The molecule has 5 heteroatoms. The van der Waals surface area contributed by atoms with Crippen LogP contribution in [0.3, 0.4) is 0 Å². The summed E-state index contributed by atoms with van der Waals surface area (Å²) < 4.78 is 0. The van der Waals surface area contributed by atoms with Crippen LogP contribution in [-0.4, -0.2) is 47.1 Å². The highest BCUT2D eigenvalue weighted by atomic mass is 35.5. The molecule has 2 heterocycles. The van der Waals surface area contributed by atoms with E-state index < -0.39 is 0 Å². The summed E-state index contributed by atoms with van der Waals surface area (Å²) in [7, 11) is 0. The van der Waals surface area contributed by atoms with Crippen molar-refractivity contribution in [2.75, 3.05) is 31.1 Å². The highest BCUT2D eigenvalue weighted by Crippen LogP contribution is 2.29. The molecule has 1 aliphatic heterocycles. The van der Waals surface area contributed by atoms with Gasteiger partial charge in [-0.2, -0.15) is 0 Å². The minimum atomic E-state index is 0.614. The molecule has 4 nitrogen and oxygen atoms in total. The number of nitrogens with zero attached hydrogens (tertiary/aromatic N) is 4. The van der Waals surface area contributed by atoms with Crippen LogP contribution < -0.4 is 4.90 Å². The Hall–Kier alpha value is -0.870. The van der Waals surface area contributed by atoms with Gasteiger partial charge in [-0.05, 0) is 26.2 Å². The summed E-state index contributed by atoms with van der Waals surface area (Å²) >= 11 is 6.27. The van der Waals surface area contributed by atoms with Crippen LogP contribution in [0.4, 0.5) is 5.82 Å². The SMILES string of the molecule is CCCc1nc(Cl)c(C)c(N2CCN(C3CC3)CC2)n1. The van der Waals surface area contributed by atoms with Crippen molar-refractivity contribution in [3.63, 3.8) is 0 Å². The summed E-state index contributed by atoms with van der Waals surface area (Å²) in [6.07, 6.45) is 4.72. The molecule has 1 aromatic rings. The smallest absolute Gasteiger partial charge is 0.137 e. The van der Waals surface area contributed by atoms with Crippen molar-refractivity contribution in [3.8, 4) is 0 Å². The highest BCUT2D eigenvalue weighted by molar-refractivity contribution is 6.30. The number of anilines is 1. The zero-order valence-electron chi connectivity index (χ0n) is 12.4. The monoisotopic (exact) mass is 294 g/mol. The third-order valence-corrected chi connectivity index (χ3v) is 4.63. The van der Waals surface area contributed by atoms with Gasteiger partial charge in [-0.1, -0.05) is 18.5 Å². The van der Waals surface area contributed by atoms with Crippen LogP contribution in [0.15, 0.2) is 0 Å². The van der Waals surface area contributed by atoms with Crippen molar-refractivity contribution < 1.29 is 0 Å². The van der Waals surface area contributed by atoms with Crippen LogP contribution in [0.2, 0.25) is 5.15 Å². The van der Waals surface area contributed by atoms with E-state index in [4.69, 9.17) is 16.6 Å². The fourth-order valence-electron chi connectivity index (χ4n) is 2.90. The van der Waals surface area contributed by atoms with Gasteiger partial charge in [0.25, 0.3) is 0 Å². The number of hydrogen-bond donors (Lipinski definition) is 0. The largest absolute Gasteiger partial charge is 0.354 e. The zero-order valence-corrected chi connectivity index (χ0v) is 13.2. The van der Waals surface area contributed by atoms with Crippen molar-refractivity contribution in [3.05, 3.63) is 16.5 Å². The first-order chi connectivity index (χ1) is 9.69. The lowest BCUT2D eigenvalue weighted by molar-refractivity contribution is 0.247. The first-order valence-electron chi connectivity index (χ1n) is 7.71. The number of rotatable bonds is 4. The molecule has 20 heavy (non-hydrogen) atoms. The Morgan fingerprint density at radius 3 is 2.45 bits per heavy atom. The van der Waals surface area contributed by atoms with Gasteiger partial charge in [-0.25, -0.2) is 9.97 Å². The van der Waals surface area contributed by atoms with Gasteiger partial charge >= 0.3 is 0 Å². The van der Waals surface area contributed by atoms with E-state index in [0.717, 1.165) is 62.3 Å². The topological polar surface area (TPSA) is 32.3 Å². The molecule has 110 valence electrons. The van der Waals surface area contributed by atoms with E-state index in [2.05, 4.69) is 21.7 Å². The fraction of sp³-hybridized carbons (Fsp3) is 0.733. The number of halogens is 1. The Kier molecular flexibility index (Phi) is 4.13. The standard InChI is InChI=1S/C15H23ClN4/c1-3-4-13-17-14(16)11(2)15(18-13)20-9-7-19(8-10-20)12-5-6-12/h12H,3-10H2,1-2H3. The second-order valence-electron chi connectivity index (χ2n) is 5.88. The maximum atomic E-state index is 6.27. The number of piperazine rings is 1. The third-order valence-electron chi connectivity index (χ3n) is 4.26. The molecule has 1 saturated heterocycles. The maximum absolute atomic E-state index is 6.27. The molecule has 1 aliphatic carbocycles. The molecule has 0 aromatic carbocycles. The average molecular weight is 295 g/mol. The van der Waals surface area contributed by atoms with Gasteiger partial charge < -0.3 is 4.90 Å². The molecular weight excluding hydrogens is 272 g/mol. The summed E-state index contributed by atoms with van der Waals surface area (Å²) in [4.78, 5) is 14.1. The van der Waals surface area contributed by atoms with E-state index >= 15 is 0 Å². The van der Waals surface area contributed by atoms with E-state index in [1.807, 2.05) is 6.92 Å². The summed E-state index contributed by atoms with van der Waals surface area (Å²) in [5.74, 6) is 1.92. The van der Waals surface area contributed by atoms with E-state index in [1.54, 1.807) is 0 Å². The highest BCUT2D eigenvalue weighted by Gasteiger charge is 2.31. The average Bonchev–Trinajstić information content (AvgIpc) is 3.28. The molecule has 1 saturated carbocycles. The van der Waals surface area contributed by atoms with Crippen LogP contribution in [0, 0.1) is 6.92 Å². The molecular formula is C15H23ClN4. The Morgan fingerprint density at radius 1 is 1.15 bits per heavy atom. The van der Waals surface area contributed by atoms with E-state index in [0.29, 0.717) is 5.15 Å². The molecule has 0 atom stereocenters. The fourth-order valence-corrected chi connectivity index (χ4v) is 3.08. The van der Waals surface area contributed by atoms with Gasteiger partial charge in [0, 0.05) is 44.2 Å². The van der Waals surface area contributed by atoms with E-state index in [-0.39, 0.29) is 0 Å². The molecule has 2 fully saturated rings. The minimum Gasteiger partial charge on any atom is -0.354 e. The zero-order chi connectivity index (χ0) is 14.1. The molecule has 0 N–H and O–H groups in total. The van der Waals surface area contributed by atoms with Gasteiger partial charge in [0.1, 0.15) is 16.8 Å². The number of aryl methyl sites for hydroxylation is 1. The predicted octanol–water partition coefficient (Wildman–Crippen LogP) is 2.68. The van der Waals surface area contributed by atoms with Crippen molar-refractivity contribution >= 4 is 17.4 Å². The number of hydrogen-bond acceptors (Lipinski definition) is 4. The summed E-state index contributed by atoms with van der Waals surface area (Å²) in [6.45, 7) is 8.57. The van der Waals surface area contributed by atoms with Crippen LogP contribution in [-0.2, 0) is 6.42 Å². The van der Waals surface area contributed by atoms with Crippen molar-refractivity contribution in [1.29, 1.82) is 0 Å². The molecule has 0 spiro atoms. The van der Waals surface area contributed by atoms with Crippen molar-refractivity contribution in [2.45, 2.75) is 45.6 Å². The van der Waals surface area contributed by atoms with Crippen LogP contribution in [0.5, 0.6) is 0 Å². The first kappa shape index (κ1) is 14.1. The predicted molar refractivity (Wildman–Crippen MR) is 82.6 cm³/mol. The molecule has 0 amide bonds. The normalized spacial score (nSPS) is 20.4. The third kappa shape index (κ3) is 2.91. The second-order valence-corrected chi connectivity index (χ2v) is 6.24. The van der Waals surface area contributed by atoms with Crippen LogP contribution >= 0.6 is 11.6 Å². The van der Waals surface area contributed by atoms with E-state index in [1.165, 1.54) is 12.8 Å². The number of aromatic nitrogens is 2.